The van der Waals surface area contributed by atoms with Gasteiger partial charge in [0, 0.05) is 37.9 Å². The van der Waals surface area contributed by atoms with E-state index in [9.17, 15) is 9.59 Å². The molecule has 1 aromatic rings. The normalized spacial score (nSPS) is 17.8. The van der Waals surface area contributed by atoms with Crippen molar-refractivity contribution >= 4 is 17.5 Å². The Hall–Kier alpha value is -2.44. The van der Waals surface area contributed by atoms with Crippen LogP contribution < -0.4 is 20.1 Å². The number of nitrogens with two attached hydrogens (primary N) is 1. The molecule has 1 saturated heterocycles. The van der Waals surface area contributed by atoms with Gasteiger partial charge in [-0.3, -0.25) is 9.59 Å². The molecule has 7 nitrogen and oxygen atoms in total. The molecule has 0 unspecified atom stereocenters. The lowest BCUT2D eigenvalue weighted by Crippen LogP contribution is -2.49. The first-order chi connectivity index (χ1) is 12.1. The van der Waals surface area contributed by atoms with Gasteiger partial charge in [-0.1, -0.05) is 0 Å². The maximum atomic E-state index is 11.9. The molecule has 1 aliphatic carbocycles. The van der Waals surface area contributed by atoms with Crippen molar-refractivity contribution in [2.24, 2.45) is 5.73 Å². The largest absolute Gasteiger partial charge is 0.493 e. The van der Waals surface area contributed by atoms with Crippen molar-refractivity contribution < 1.29 is 19.1 Å². The molecule has 1 heterocycles. The molecule has 0 aromatic heterocycles. The highest BCUT2D eigenvalue weighted by Crippen LogP contribution is 2.35. The molecule has 0 bridgehead atoms. The number of piperazine rings is 1. The number of carbonyl (C=O) groups excluding carboxylic acids is 2. The summed E-state index contributed by atoms with van der Waals surface area (Å²) in [6, 6.07) is 5.94. The summed E-state index contributed by atoms with van der Waals surface area (Å²) < 4.78 is 11.4. The Balaban J connectivity index is 1.63. The molecule has 0 spiro atoms. The molecule has 2 aliphatic rings. The summed E-state index contributed by atoms with van der Waals surface area (Å²) >= 11 is 0. The summed E-state index contributed by atoms with van der Waals surface area (Å²) in [5, 5.41) is 0. The highest BCUT2D eigenvalue weighted by atomic mass is 16.5. The molecular weight excluding hydrogens is 322 g/mol. The summed E-state index contributed by atoms with van der Waals surface area (Å²) in [5.74, 6) is 0.735. The number of benzene rings is 1. The van der Waals surface area contributed by atoms with Gasteiger partial charge in [-0.2, -0.15) is 0 Å². The van der Waals surface area contributed by atoms with Crippen LogP contribution in [0.2, 0.25) is 0 Å². The first kappa shape index (κ1) is 17.4. The van der Waals surface area contributed by atoms with E-state index in [-0.39, 0.29) is 18.4 Å². The summed E-state index contributed by atoms with van der Waals surface area (Å²) in [7, 11) is 1.64. The number of ether oxygens (including phenoxy) is 2. The van der Waals surface area contributed by atoms with E-state index < -0.39 is 5.91 Å². The fourth-order valence-electron chi connectivity index (χ4n) is 3.10. The van der Waals surface area contributed by atoms with Crippen molar-refractivity contribution in [2.75, 3.05) is 38.2 Å². The van der Waals surface area contributed by atoms with Gasteiger partial charge in [-0.25, -0.2) is 0 Å². The van der Waals surface area contributed by atoms with Crippen molar-refractivity contribution in [3.63, 3.8) is 0 Å². The fourth-order valence-corrected chi connectivity index (χ4v) is 3.10. The Labute approximate surface area is 147 Å². The van der Waals surface area contributed by atoms with Crippen LogP contribution in [0.4, 0.5) is 5.69 Å². The number of hydrogen-bond donors (Lipinski definition) is 1. The fraction of sp³-hybridized carbons (Fsp3) is 0.556. The van der Waals surface area contributed by atoms with Gasteiger partial charge in [-0.15, -0.1) is 0 Å². The van der Waals surface area contributed by atoms with Crippen molar-refractivity contribution in [3.8, 4) is 11.5 Å². The third-order valence-corrected chi connectivity index (χ3v) is 4.82. The first-order valence-corrected chi connectivity index (χ1v) is 8.72. The third kappa shape index (κ3) is 4.15. The summed E-state index contributed by atoms with van der Waals surface area (Å²) in [6.45, 7) is 2.58. The SMILES string of the molecule is COc1ccc(N2CCN(C(=O)CC(N)=O)CC2)cc1OC1CCC1. The molecule has 1 saturated carbocycles. The smallest absolute Gasteiger partial charge is 0.232 e. The summed E-state index contributed by atoms with van der Waals surface area (Å²) in [4.78, 5) is 26.7. The van der Waals surface area contributed by atoms with Gasteiger partial charge >= 0.3 is 0 Å². The zero-order valence-corrected chi connectivity index (χ0v) is 14.6. The first-order valence-electron chi connectivity index (χ1n) is 8.72. The third-order valence-electron chi connectivity index (χ3n) is 4.82. The maximum absolute atomic E-state index is 11.9. The summed E-state index contributed by atoms with van der Waals surface area (Å²) in [6.07, 6.45) is 3.46. The molecule has 1 aromatic carbocycles. The Kier molecular flexibility index (Phi) is 5.31. The Bertz CT molecular complexity index is 637. The van der Waals surface area contributed by atoms with E-state index in [0.29, 0.717) is 26.2 Å². The maximum Gasteiger partial charge on any atom is 0.232 e. The van der Waals surface area contributed by atoms with E-state index >= 15 is 0 Å². The lowest BCUT2D eigenvalue weighted by molar-refractivity contribution is -0.135. The van der Waals surface area contributed by atoms with E-state index in [1.807, 2.05) is 18.2 Å². The zero-order valence-electron chi connectivity index (χ0n) is 14.6. The lowest BCUT2D eigenvalue weighted by atomic mass is 9.96. The van der Waals surface area contributed by atoms with E-state index in [1.165, 1.54) is 6.42 Å². The number of rotatable bonds is 6. The Morgan fingerprint density at radius 3 is 2.44 bits per heavy atom. The monoisotopic (exact) mass is 347 g/mol. The van der Waals surface area contributed by atoms with Crippen LogP contribution in [0.5, 0.6) is 11.5 Å². The van der Waals surface area contributed by atoms with Crippen molar-refractivity contribution in [2.45, 2.75) is 31.8 Å². The quantitative estimate of drug-likeness (QED) is 0.780. The molecule has 3 rings (SSSR count). The average Bonchev–Trinajstić information content (AvgIpc) is 2.57. The minimum Gasteiger partial charge on any atom is -0.493 e. The van der Waals surface area contributed by atoms with Crippen LogP contribution in [0.25, 0.3) is 0 Å². The van der Waals surface area contributed by atoms with Crippen LogP contribution in [0.1, 0.15) is 25.7 Å². The number of anilines is 1. The minimum atomic E-state index is -0.583. The minimum absolute atomic E-state index is 0.198. The predicted molar refractivity (Wildman–Crippen MR) is 93.9 cm³/mol. The van der Waals surface area contributed by atoms with Gasteiger partial charge in [0.25, 0.3) is 0 Å². The molecule has 7 heteroatoms. The van der Waals surface area contributed by atoms with Crippen molar-refractivity contribution in [3.05, 3.63) is 18.2 Å². The second-order valence-corrected chi connectivity index (χ2v) is 6.52. The number of methoxy groups -OCH3 is 1. The Morgan fingerprint density at radius 1 is 1.16 bits per heavy atom. The second-order valence-electron chi connectivity index (χ2n) is 6.52. The van der Waals surface area contributed by atoms with E-state index in [1.54, 1.807) is 12.0 Å². The molecule has 25 heavy (non-hydrogen) atoms. The van der Waals surface area contributed by atoms with Gasteiger partial charge in [-0.05, 0) is 31.4 Å². The molecule has 2 N–H and O–H groups in total. The van der Waals surface area contributed by atoms with Gasteiger partial charge in [0.05, 0.1) is 13.2 Å². The molecule has 2 fully saturated rings. The zero-order chi connectivity index (χ0) is 17.8. The van der Waals surface area contributed by atoms with E-state index in [0.717, 1.165) is 30.0 Å². The predicted octanol–water partition coefficient (Wildman–Crippen LogP) is 1.15. The summed E-state index contributed by atoms with van der Waals surface area (Å²) in [5.41, 5.74) is 6.15. The molecular formula is C18H25N3O4. The van der Waals surface area contributed by atoms with Crippen molar-refractivity contribution in [1.82, 2.24) is 4.90 Å². The van der Waals surface area contributed by atoms with Crippen LogP contribution in [-0.4, -0.2) is 56.1 Å². The topological polar surface area (TPSA) is 85.1 Å². The number of amides is 2. The van der Waals surface area contributed by atoms with Crippen LogP contribution in [0.15, 0.2) is 18.2 Å². The highest BCUT2D eigenvalue weighted by molar-refractivity contribution is 5.96. The van der Waals surface area contributed by atoms with Crippen LogP contribution in [-0.2, 0) is 9.59 Å². The lowest BCUT2D eigenvalue weighted by Gasteiger charge is -2.36. The van der Waals surface area contributed by atoms with Crippen LogP contribution in [0.3, 0.4) is 0 Å². The number of carbonyl (C=O) groups is 2. The molecule has 0 radical (unpaired) electrons. The number of nitrogens with zero attached hydrogens (tertiary/aromatic N) is 2. The Morgan fingerprint density at radius 2 is 1.88 bits per heavy atom. The molecule has 2 amide bonds. The van der Waals surface area contributed by atoms with Gasteiger partial charge in [0.15, 0.2) is 11.5 Å². The standard InChI is InChI=1S/C18H25N3O4/c1-24-15-6-5-13(11-16(15)25-14-3-2-4-14)20-7-9-21(10-8-20)18(23)12-17(19)22/h5-6,11,14H,2-4,7-10,12H2,1H3,(H2,19,22). The highest BCUT2D eigenvalue weighted by Gasteiger charge is 2.24. The molecule has 1 aliphatic heterocycles. The van der Waals surface area contributed by atoms with E-state index in [2.05, 4.69) is 4.90 Å². The van der Waals surface area contributed by atoms with Crippen molar-refractivity contribution in [1.29, 1.82) is 0 Å². The van der Waals surface area contributed by atoms with Crippen LogP contribution >= 0.6 is 0 Å². The van der Waals surface area contributed by atoms with Gasteiger partial charge < -0.3 is 25.0 Å². The number of hydrogen-bond acceptors (Lipinski definition) is 5. The van der Waals surface area contributed by atoms with Crippen LogP contribution in [0, 0.1) is 0 Å². The molecule has 0 atom stereocenters. The van der Waals surface area contributed by atoms with E-state index in [4.69, 9.17) is 15.2 Å². The van der Waals surface area contributed by atoms with Gasteiger partial charge in [0.1, 0.15) is 6.42 Å². The second kappa shape index (κ2) is 7.63. The molecule has 136 valence electrons. The number of primary amides is 1. The van der Waals surface area contributed by atoms with Gasteiger partial charge in [0.2, 0.25) is 11.8 Å². The average molecular weight is 347 g/mol.